The first kappa shape index (κ1) is 15.0. The van der Waals surface area contributed by atoms with Crippen LogP contribution in [0.15, 0.2) is 61.3 Å². The topological polar surface area (TPSA) is 68.0 Å². The molecule has 5 rings (SSSR count). The van der Waals surface area contributed by atoms with Crippen molar-refractivity contribution in [3.8, 4) is 0 Å². The van der Waals surface area contributed by atoms with E-state index in [2.05, 4.69) is 20.4 Å². The number of hydrogen-bond acceptors (Lipinski definition) is 5. The second-order valence-corrected chi connectivity index (χ2v) is 6.41. The molecule has 5 aromatic rings. The van der Waals surface area contributed by atoms with Crippen molar-refractivity contribution in [2.75, 3.05) is 5.32 Å². The lowest BCUT2D eigenvalue weighted by molar-refractivity contribution is 0.939. The van der Waals surface area contributed by atoms with Crippen LogP contribution in [0, 0.1) is 0 Å². The molecule has 0 aliphatic heterocycles. The highest BCUT2D eigenvalue weighted by molar-refractivity contribution is 6.30. The first-order valence-electron chi connectivity index (χ1n) is 8.14. The maximum Gasteiger partial charge on any atom is 0.136 e. The van der Waals surface area contributed by atoms with Crippen molar-refractivity contribution in [3.05, 3.63) is 71.9 Å². The molecule has 126 valence electrons. The second-order valence-electron chi connectivity index (χ2n) is 5.97. The van der Waals surface area contributed by atoms with E-state index in [1.54, 1.807) is 23.2 Å². The van der Waals surface area contributed by atoms with Crippen LogP contribution in [0.4, 0.5) is 5.82 Å². The van der Waals surface area contributed by atoms with Crippen molar-refractivity contribution in [3.63, 3.8) is 0 Å². The number of nitrogens with zero attached hydrogens (tertiary/aromatic N) is 5. The van der Waals surface area contributed by atoms with Crippen LogP contribution in [0.1, 0.15) is 5.56 Å². The van der Waals surface area contributed by atoms with Crippen molar-refractivity contribution >= 4 is 44.7 Å². The summed E-state index contributed by atoms with van der Waals surface area (Å²) in [6, 6.07) is 11.6. The zero-order valence-corrected chi connectivity index (χ0v) is 14.4. The minimum Gasteiger partial charge on any atom is -0.365 e. The molecule has 0 radical (unpaired) electrons. The first-order chi connectivity index (χ1) is 12.8. The quantitative estimate of drug-likeness (QED) is 0.525. The van der Waals surface area contributed by atoms with Gasteiger partial charge in [0.25, 0.3) is 0 Å². The van der Waals surface area contributed by atoms with Gasteiger partial charge < -0.3 is 5.32 Å². The first-order valence-corrected chi connectivity index (χ1v) is 8.51. The molecule has 0 aliphatic carbocycles. The SMILES string of the molecule is Clc1cccc(CNc2nc3c(nn4cnccc34)c3ccncc23)c1. The minimum atomic E-state index is 0.615. The molecule has 4 aromatic heterocycles. The van der Waals surface area contributed by atoms with E-state index in [1.807, 2.05) is 42.6 Å². The smallest absolute Gasteiger partial charge is 0.136 e. The normalized spacial score (nSPS) is 11.4. The van der Waals surface area contributed by atoms with Crippen LogP contribution < -0.4 is 5.32 Å². The number of halogens is 1. The molecule has 1 N–H and O–H groups in total. The predicted molar refractivity (Wildman–Crippen MR) is 102 cm³/mol. The fraction of sp³-hybridized carbons (Fsp3) is 0.0526. The summed E-state index contributed by atoms with van der Waals surface area (Å²) in [5.41, 5.74) is 3.67. The molecular formula is C19H13ClN6. The molecule has 0 saturated heterocycles. The number of rotatable bonds is 3. The molecule has 0 aliphatic rings. The number of pyridine rings is 2. The fourth-order valence-corrected chi connectivity index (χ4v) is 3.33. The summed E-state index contributed by atoms with van der Waals surface area (Å²) in [6.45, 7) is 0.615. The molecular weight excluding hydrogens is 348 g/mol. The minimum absolute atomic E-state index is 0.615. The Morgan fingerprint density at radius 1 is 1.00 bits per heavy atom. The van der Waals surface area contributed by atoms with E-state index in [1.165, 1.54) is 0 Å². The van der Waals surface area contributed by atoms with Gasteiger partial charge in [0.2, 0.25) is 0 Å². The molecule has 7 heteroatoms. The van der Waals surface area contributed by atoms with E-state index in [9.17, 15) is 0 Å². The van der Waals surface area contributed by atoms with Crippen LogP contribution in [0.5, 0.6) is 0 Å². The molecule has 0 amide bonds. The summed E-state index contributed by atoms with van der Waals surface area (Å²) in [5.74, 6) is 0.771. The summed E-state index contributed by atoms with van der Waals surface area (Å²) in [5, 5.41) is 10.7. The van der Waals surface area contributed by atoms with Crippen LogP contribution in [-0.4, -0.2) is 24.6 Å². The Bertz CT molecular complexity index is 1260. The molecule has 4 heterocycles. The van der Waals surface area contributed by atoms with Gasteiger partial charge in [-0.25, -0.2) is 14.5 Å². The van der Waals surface area contributed by atoms with Gasteiger partial charge in [0, 0.05) is 40.9 Å². The number of hydrogen-bond donors (Lipinski definition) is 1. The predicted octanol–water partition coefficient (Wildman–Crippen LogP) is 4.09. The summed E-state index contributed by atoms with van der Waals surface area (Å²) >= 11 is 6.08. The molecule has 26 heavy (non-hydrogen) atoms. The number of nitrogens with one attached hydrogen (secondary N) is 1. The summed E-state index contributed by atoms with van der Waals surface area (Å²) in [6.07, 6.45) is 7.01. The lowest BCUT2D eigenvalue weighted by Crippen LogP contribution is -2.02. The van der Waals surface area contributed by atoms with E-state index >= 15 is 0 Å². The van der Waals surface area contributed by atoms with Crippen LogP contribution in [0.3, 0.4) is 0 Å². The number of aromatic nitrogens is 5. The maximum absolute atomic E-state index is 6.08. The van der Waals surface area contributed by atoms with Crippen molar-refractivity contribution in [2.45, 2.75) is 6.54 Å². The maximum atomic E-state index is 6.08. The summed E-state index contributed by atoms with van der Waals surface area (Å²) < 4.78 is 1.75. The van der Waals surface area contributed by atoms with E-state index in [0.29, 0.717) is 6.54 Å². The van der Waals surface area contributed by atoms with Gasteiger partial charge in [0.05, 0.1) is 5.52 Å². The number of benzene rings is 1. The van der Waals surface area contributed by atoms with Gasteiger partial charge >= 0.3 is 0 Å². The van der Waals surface area contributed by atoms with E-state index in [-0.39, 0.29) is 0 Å². The molecule has 0 bridgehead atoms. The lowest BCUT2D eigenvalue weighted by Gasteiger charge is -2.09. The van der Waals surface area contributed by atoms with Gasteiger partial charge in [-0.2, -0.15) is 5.10 Å². The average molecular weight is 361 g/mol. The van der Waals surface area contributed by atoms with Crippen molar-refractivity contribution in [1.29, 1.82) is 0 Å². The number of anilines is 1. The third-order valence-corrected chi connectivity index (χ3v) is 4.55. The van der Waals surface area contributed by atoms with Crippen LogP contribution in [0.2, 0.25) is 5.02 Å². The Kier molecular flexibility index (Phi) is 3.43. The van der Waals surface area contributed by atoms with Crippen LogP contribution in [0.25, 0.3) is 27.3 Å². The monoisotopic (exact) mass is 360 g/mol. The highest BCUT2D eigenvalue weighted by Gasteiger charge is 2.14. The molecule has 0 spiro atoms. The third kappa shape index (κ3) is 2.43. The van der Waals surface area contributed by atoms with Crippen molar-refractivity contribution < 1.29 is 0 Å². The molecule has 1 aromatic carbocycles. The van der Waals surface area contributed by atoms with E-state index in [4.69, 9.17) is 16.6 Å². The standard InChI is InChI=1S/C19H13ClN6/c20-13-3-1-2-12(8-13)9-23-19-15-10-21-6-4-14(15)17-18(24-19)16-5-7-22-11-26(16)25-17/h1-8,10-11H,9H2,(H,23,24). The molecule has 6 nitrogen and oxygen atoms in total. The van der Waals surface area contributed by atoms with Gasteiger partial charge in [-0.3, -0.25) is 4.98 Å². The van der Waals surface area contributed by atoms with Gasteiger partial charge in [-0.05, 0) is 29.8 Å². The molecule has 0 unspecified atom stereocenters. The zero-order valence-electron chi connectivity index (χ0n) is 13.6. The third-order valence-electron chi connectivity index (χ3n) is 4.32. The largest absolute Gasteiger partial charge is 0.365 e. The van der Waals surface area contributed by atoms with Gasteiger partial charge in [-0.1, -0.05) is 23.7 Å². The van der Waals surface area contributed by atoms with Gasteiger partial charge in [0.1, 0.15) is 23.2 Å². The molecule has 0 atom stereocenters. The van der Waals surface area contributed by atoms with Crippen LogP contribution in [-0.2, 0) is 6.54 Å². The second kappa shape index (κ2) is 5.93. The van der Waals surface area contributed by atoms with Crippen LogP contribution >= 0.6 is 11.6 Å². The zero-order chi connectivity index (χ0) is 17.5. The Hall–Kier alpha value is -3.25. The molecule has 0 fully saturated rings. The van der Waals surface area contributed by atoms with E-state index in [0.717, 1.165) is 43.7 Å². The highest BCUT2D eigenvalue weighted by atomic mass is 35.5. The highest BCUT2D eigenvalue weighted by Crippen LogP contribution is 2.30. The number of fused-ring (bicyclic) bond motifs is 5. The summed E-state index contributed by atoms with van der Waals surface area (Å²) in [4.78, 5) is 13.2. The Labute approximate surface area is 153 Å². The van der Waals surface area contributed by atoms with Gasteiger partial charge in [-0.15, -0.1) is 0 Å². The fourth-order valence-electron chi connectivity index (χ4n) is 3.12. The van der Waals surface area contributed by atoms with Gasteiger partial charge in [0.15, 0.2) is 0 Å². The Morgan fingerprint density at radius 2 is 1.92 bits per heavy atom. The van der Waals surface area contributed by atoms with E-state index < -0.39 is 0 Å². The average Bonchev–Trinajstić information content (AvgIpc) is 3.05. The van der Waals surface area contributed by atoms with Crippen molar-refractivity contribution in [2.24, 2.45) is 0 Å². The molecule has 0 saturated carbocycles. The lowest BCUT2D eigenvalue weighted by atomic mass is 10.1. The summed E-state index contributed by atoms with van der Waals surface area (Å²) in [7, 11) is 0. The van der Waals surface area contributed by atoms with Crippen molar-refractivity contribution in [1.82, 2.24) is 24.6 Å². The Morgan fingerprint density at radius 3 is 2.85 bits per heavy atom. The Balaban J connectivity index is 1.68.